The number of allylic oxidation sites excluding steroid dienone is 6. The predicted molar refractivity (Wildman–Crippen MR) is 275 cm³/mol. The maximum atomic E-state index is 12.8. The molecule has 0 amide bonds. The minimum atomic E-state index is -0.875. The number of likely N-dealkylation sites (N-methyl/N-ethyl adjacent to an activating group) is 1. The molecule has 0 fully saturated rings. The van der Waals surface area contributed by atoms with Crippen LogP contribution < -0.4 is 0 Å². The van der Waals surface area contributed by atoms with E-state index < -0.39 is 18.1 Å². The van der Waals surface area contributed by atoms with Gasteiger partial charge in [-0.25, -0.2) is 4.79 Å². The van der Waals surface area contributed by atoms with Gasteiger partial charge in [0, 0.05) is 19.3 Å². The Morgan fingerprint density at radius 3 is 1.20 bits per heavy atom. The first-order chi connectivity index (χ1) is 31.6. The van der Waals surface area contributed by atoms with Crippen molar-refractivity contribution in [1.82, 2.24) is 0 Å². The molecule has 1 N–H and O–H groups in total. The molecule has 0 bridgehead atoms. The van der Waals surface area contributed by atoms with Gasteiger partial charge < -0.3 is 23.8 Å². The highest BCUT2D eigenvalue weighted by atomic mass is 16.6. The van der Waals surface area contributed by atoms with Crippen molar-refractivity contribution >= 4 is 17.9 Å². The molecule has 0 heterocycles. The summed E-state index contributed by atoms with van der Waals surface area (Å²) in [7, 11) is 5.54. The van der Waals surface area contributed by atoms with Crippen LogP contribution >= 0.6 is 0 Å². The third kappa shape index (κ3) is 46.4. The van der Waals surface area contributed by atoms with Gasteiger partial charge in [-0.2, -0.15) is 0 Å². The van der Waals surface area contributed by atoms with E-state index in [-0.39, 0.29) is 36.2 Å². The zero-order valence-electron chi connectivity index (χ0n) is 43.5. The van der Waals surface area contributed by atoms with Crippen LogP contribution in [0, 0.1) is 0 Å². The lowest BCUT2D eigenvalue weighted by Crippen LogP contribution is -2.50. The summed E-state index contributed by atoms with van der Waals surface area (Å²) in [5, 5.41) is 9.67. The van der Waals surface area contributed by atoms with E-state index in [1.165, 1.54) is 173 Å². The molecule has 0 aromatic carbocycles. The molecule has 0 spiro atoms. The smallest absolute Gasteiger partial charge is 0.362 e. The first kappa shape index (κ1) is 62.5. The Labute approximate surface area is 402 Å². The second-order valence-corrected chi connectivity index (χ2v) is 19.8. The molecule has 0 aliphatic carbocycles. The fourth-order valence-electron chi connectivity index (χ4n) is 8.24. The fourth-order valence-corrected chi connectivity index (χ4v) is 8.24. The van der Waals surface area contributed by atoms with Crippen LogP contribution in [0.4, 0.5) is 0 Å². The third-order valence-corrected chi connectivity index (χ3v) is 12.5. The van der Waals surface area contributed by atoms with Crippen LogP contribution in [-0.4, -0.2) is 80.6 Å². The summed E-state index contributed by atoms with van der Waals surface area (Å²) in [5.41, 5.74) is 0. The van der Waals surface area contributed by atoms with Gasteiger partial charge in [0.05, 0.1) is 34.4 Å². The van der Waals surface area contributed by atoms with E-state index in [0.29, 0.717) is 19.3 Å². The molecule has 8 heteroatoms. The van der Waals surface area contributed by atoms with E-state index in [4.69, 9.17) is 14.2 Å². The highest BCUT2D eigenvalue weighted by Crippen LogP contribution is 2.16. The maximum absolute atomic E-state index is 12.8. The largest absolute Gasteiger partial charge is 0.477 e. The molecule has 2 atom stereocenters. The number of unbranched alkanes of at least 4 members (excludes halogenated alkanes) is 30. The number of carboxylic acid groups (broad SMARTS) is 1. The van der Waals surface area contributed by atoms with Crippen molar-refractivity contribution in [3.8, 4) is 0 Å². The van der Waals surface area contributed by atoms with Crippen LogP contribution in [0.3, 0.4) is 0 Å². The molecule has 0 aromatic heterocycles. The number of nitrogens with zero attached hydrogens (tertiary/aromatic N) is 1. The van der Waals surface area contributed by atoms with E-state index in [1.807, 2.05) is 21.1 Å². The Morgan fingerprint density at radius 1 is 0.462 bits per heavy atom. The molecule has 0 rings (SSSR count). The van der Waals surface area contributed by atoms with Crippen LogP contribution in [0.2, 0.25) is 0 Å². The summed E-state index contributed by atoms with van der Waals surface area (Å²) in [6.45, 7) is 4.76. The number of hydrogen-bond donors (Lipinski definition) is 1. The molecular formula is C57H106NO7+. The van der Waals surface area contributed by atoms with Crippen molar-refractivity contribution < 1.29 is 38.2 Å². The van der Waals surface area contributed by atoms with Crippen molar-refractivity contribution in [2.24, 2.45) is 0 Å². The minimum absolute atomic E-state index is 0.0545. The Hall–Kier alpha value is -2.45. The van der Waals surface area contributed by atoms with E-state index in [0.717, 1.165) is 51.4 Å². The van der Waals surface area contributed by atoms with E-state index >= 15 is 0 Å². The topological polar surface area (TPSA) is 99.1 Å². The minimum Gasteiger partial charge on any atom is -0.477 e. The monoisotopic (exact) mass is 917 g/mol. The molecule has 0 radical (unpaired) electrons. The van der Waals surface area contributed by atoms with Gasteiger partial charge in [-0.3, -0.25) is 9.59 Å². The standard InChI is InChI=1S/C57H105NO7/c1-6-8-10-12-14-16-18-20-22-24-26-27-28-30-32-34-36-38-40-42-44-46-48-56(60)65-53(51-63-50-49-54(57(61)62)58(3,4)5)52-64-55(59)47-45-43-41-39-37-35-33-31-29-25-23-21-19-17-15-13-11-9-7-2/h24-26,28-30,53-54H,6-23,27,31-52H2,1-5H3/p+1/b26-24+,29-25+,30-28+. The van der Waals surface area contributed by atoms with Gasteiger partial charge in [-0.1, -0.05) is 204 Å². The number of carbonyl (C=O) groups is 3. The summed E-state index contributed by atoms with van der Waals surface area (Å²) in [6, 6.07) is -0.617. The number of rotatable bonds is 50. The summed E-state index contributed by atoms with van der Waals surface area (Å²) in [5.74, 6) is -1.47. The first-order valence-electron chi connectivity index (χ1n) is 27.5. The Kier molecular flexibility index (Phi) is 46.2. The van der Waals surface area contributed by atoms with Gasteiger partial charge in [0.2, 0.25) is 0 Å². The van der Waals surface area contributed by atoms with Gasteiger partial charge in [-0.05, 0) is 70.6 Å². The lowest BCUT2D eigenvalue weighted by molar-refractivity contribution is -0.887. The SMILES string of the molecule is CCCCCCCCCC/C=C/C/C=C/CCCCCCCCCC(=O)OC(COCCC(C(=O)O)[N+](C)(C)C)COC(=O)CCCCCCCCC/C=C/CCCCCCCCCC. The van der Waals surface area contributed by atoms with E-state index in [1.54, 1.807) is 0 Å². The number of hydrogen-bond acceptors (Lipinski definition) is 6. The Morgan fingerprint density at radius 2 is 0.815 bits per heavy atom. The summed E-state index contributed by atoms with van der Waals surface area (Å²) < 4.78 is 17.4. The lowest BCUT2D eigenvalue weighted by Gasteiger charge is -2.31. The predicted octanol–water partition coefficient (Wildman–Crippen LogP) is 16.1. The molecule has 380 valence electrons. The lowest BCUT2D eigenvalue weighted by atomic mass is 10.1. The molecule has 0 saturated carbocycles. The zero-order valence-corrected chi connectivity index (χ0v) is 43.5. The Bertz CT molecular complexity index is 1160. The van der Waals surface area contributed by atoms with Crippen LogP contribution in [0.25, 0.3) is 0 Å². The molecule has 2 unspecified atom stereocenters. The van der Waals surface area contributed by atoms with Crippen molar-refractivity contribution in [2.75, 3.05) is 41.0 Å². The molecule has 0 saturated heterocycles. The van der Waals surface area contributed by atoms with E-state index in [2.05, 4.69) is 50.3 Å². The van der Waals surface area contributed by atoms with Gasteiger partial charge in [-0.15, -0.1) is 0 Å². The van der Waals surface area contributed by atoms with Gasteiger partial charge in [0.1, 0.15) is 6.61 Å². The molecule has 65 heavy (non-hydrogen) atoms. The summed E-state index contributed by atoms with van der Waals surface area (Å²) in [6.07, 6.45) is 57.7. The molecular weight excluding hydrogens is 811 g/mol. The Balaban J connectivity index is 4.22. The van der Waals surface area contributed by atoms with Gasteiger partial charge in [0.15, 0.2) is 12.1 Å². The number of quaternary nitrogens is 1. The molecule has 0 aliphatic rings. The average molecular weight is 917 g/mol. The highest BCUT2D eigenvalue weighted by Gasteiger charge is 2.31. The number of aliphatic carboxylic acids is 1. The van der Waals surface area contributed by atoms with Crippen LogP contribution in [0.1, 0.15) is 258 Å². The van der Waals surface area contributed by atoms with Crippen molar-refractivity contribution in [2.45, 2.75) is 270 Å². The van der Waals surface area contributed by atoms with E-state index in [9.17, 15) is 19.5 Å². The second kappa shape index (κ2) is 48.0. The van der Waals surface area contributed by atoms with Crippen molar-refractivity contribution in [3.63, 3.8) is 0 Å². The van der Waals surface area contributed by atoms with Crippen LogP contribution in [0.5, 0.6) is 0 Å². The summed E-state index contributed by atoms with van der Waals surface area (Å²) >= 11 is 0. The molecule has 0 aromatic rings. The molecule has 0 aliphatic heterocycles. The molecule has 8 nitrogen and oxygen atoms in total. The van der Waals surface area contributed by atoms with Crippen molar-refractivity contribution in [3.05, 3.63) is 36.5 Å². The normalized spacial score (nSPS) is 13.1. The maximum Gasteiger partial charge on any atom is 0.362 e. The quantitative estimate of drug-likeness (QED) is 0.0281. The number of carbonyl (C=O) groups excluding carboxylic acids is 2. The van der Waals surface area contributed by atoms with Gasteiger partial charge >= 0.3 is 17.9 Å². The second-order valence-electron chi connectivity index (χ2n) is 19.8. The average Bonchev–Trinajstić information content (AvgIpc) is 3.27. The fraction of sp³-hybridized carbons (Fsp3) is 0.842. The summed E-state index contributed by atoms with van der Waals surface area (Å²) in [4.78, 5) is 37.2. The van der Waals surface area contributed by atoms with Crippen LogP contribution in [0.15, 0.2) is 36.5 Å². The van der Waals surface area contributed by atoms with Crippen LogP contribution in [-0.2, 0) is 28.6 Å². The third-order valence-electron chi connectivity index (χ3n) is 12.5. The first-order valence-corrected chi connectivity index (χ1v) is 27.5. The number of ether oxygens (including phenoxy) is 3. The zero-order chi connectivity index (χ0) is 47.7. The number of carboxylic acids is 1. The van der Waals surface area contributed by atoms with Gasteiger partial charge in [0.25, 0.3) is 0 Å². The highest BCUT2D eigenvalue weighted by molar-refractivity contribution is 5.72. The van der Waals surface area contributed by atoms with Crippen molar-refractivity contribution in [1.29, 1.82) is 0 Å². The number of esters is 2.